The predicted octanol–water partition coefficient (Wildman–Crippen LogP) is 1.84. The Morgan fingerprint density at radius 2 is 2.17 bits per heavy atom. The number of rotatable bonds is 4. The van der Waals surface area contributed by atoms with Crippen LogP contribution in [0.4, 0.5) is 11.8 Å². The predicted molar refractivity (Wildman–Crippen MR) is 91.6 cm³/mol. The SMILES string of the molecule is C[C@H]1CCN1c1nc(N2C[C@@H]3C(CC(=O)O)[C@@H]3C2)c2nscc2n1. The molecule has 5 rings (SSSR count). The zero-order chi connectivity index (χ0) is 16.4. The summed E-state index contributed by atoms with van der Waals surface area (Å²) in [6.45, 7) is 4.99. The fourth-order valence-electron chi connectivity index (χ4n) is 4.24. The van der Waals surface area contributed by atoms with Crippen molar-refractivity contribution in [2.45, 2.75) is 25.8 Å². The average molecular weight is 345 g/mol. The Morgan fingerprint density at radius 1 is 1.38 bits per heavy atom. The summed E-state index contributed by atoms with van der Waals surface area (Å²) in [7, 11) is 0. The first kappa shape index (κ1) is 14.4. The molecule has 0 amide bonds. The van der Waals surface area contributed by atoms with Crippen molar-refractivity contribution >= 4 is 40.3 Å². The molecule has 8 heteroatoms. The maximum atomic E-state index is 10.9. The van der Waals surface area contributed by atoms with Gasteiger partial charge >= 0.3 is 5.97 Å². The van der Waals surface area contributed by atoms with Gasteiger partial charge in [-0.15, -0.1) is 0 Å². The van der Waals surface area contributed by atoms with E-state index in [-0.39, 0.29) is 0 Å². The molecule has 0 bridgehead atoms. The minimum Gasteiger partial charge on any atom is -0.481 e. The molecule has 1 saturated carbocycles. The van der Waals surface area contributed by atoms with Crippen LogP contribution in [0.2, 0.25) is 0 Å². The van der Waals surface area contributed by atoms with Gasteiger partial charge in [-0.2, -0.15) is 9.36 Å². The molecule has 4 atom stereocenters. The normalized spacial score (nSPS) is 31.2. The standard InChI is InChI=1S/C16H19N5O2S/c1-8-2-3-21(8)16-17-12-7-24-19-14(12)15(18-16)20-5-10-9(4-13(22)23)11(10)6-20/h7-11H,2-6H2,1H3,(H,22,23)/t8-,9?,10-,11+/m0/s1. The monoisotopic (exact) mass is 345 g/mol. The molecule has 1 unspecified atom stereocenters. The van der Waals surface area contributed by atoms with E-state index in [0.29, 0.717) is 30.2 Å². The molecule has 126 valence electrons. The molecule has 2 aromatic heterocycles. The highest BCUT2D eigenvalue weighted by Gasteiger charge is 2.56. The highest BCUT2D eigenvalue weighted by Crippen LogP contribution is 2.54. The van der Waals surface area contributed by atoms with E-state index in [4.69, 9.17) is 10.1 Å². The number of aliphatic carboxylic acids is 1. The molecule has 0 aromatic carbocycles. The lowest BCUT2D eigenvalue weighted by Crippen LogP contribution is -2.46. The molecule has 7 nitrogen and oxygen atoms in total. The summed E-state index contributed by atoms with van der Waals surface area (Å²) >= 11 is 1.42. The largest absolute Gasteiger partial charge is 0.481 e. The summed E-state index contributed by atoms with van der Waals surface area (Å²) in [6, 6.07) is 0.494. The van der Waals surface area contributed by atoms with E-state index in [0.717, 1.165) is 42.4 Å². The number of carboxylic acids is 1. The molecular formula is C16H19N5O2S. The van der Waals surface area contributed by atoms with Gasteiger partial charge in [0.25, 0.3) is 0 Å². The Morgan fingerprint density at radius 3 is 2.79 bits per heavy atom. The van der Waals surface area contributed by atoms with Crippen LogP contribution in [0.5, 0.6) is 0 Å². The van der Waals surface area contributed by atoms with Gasteiger partial charge in [0.05, 0.1) is 0 Å². The molecule has 3 aliphatic rings. The quantitative estimate of drug-likeness (QED) is 0.905. The zero-order valence-electron chi connectivity index (χ0n) is 13.4. The Bertz CT molecular complexity index is 812. The van der Waals surface area contributed by atoms with Crippen LogP contribution in [-0.4, -0.2) is 51.1 Å². The lowest BCUT2D eigenvalue weighted by Gasteiger charge is -2.39. The first-order valence-electron chi connectivity index (χ1n) is 8.47. The van der Waals surface area contributed by atoms with E-state index >= 15 is 0 Å². The summed E-state index contributed by atoms with van der Waals surface area (Å²) in [5.41, 5.74) is 1.80. The van der Waals surface area contributed by atoms with Crippen molar-refractivity contribution in [3.63, 3.8) is 0 Å². The molecule has 24 heavy (non-hydrogen) atoms. The maximum absolute atomic E-state index is 10.9. The van der Waals surface area contributed by atoms with Gasteiger partial charge in [0.2, 0.25) is 5.95 Å². The molecule has 1 aliphatic carbocycles. The molecule has 0 radical (unpaired) electrons. The van der Waals surface area contributed by atoms with Crippen molar-refractivity contribution in [2.75, 3.05) is 29.4 Å². The number of carbonyl (C=O) groups is 1. The number of hydrogen-bond acceptors (Lipinski definition) is 7. The second kappa shape index (κ2) is 5.02. The van der Waals surface area contributed by atoms with Gasteiger partial charge in [-0.3, -0.25) is 4.79 Å². The van der Waals surface area contributed by atoms with Crippen LogP contribution in [-0.2, 0) is 4.79 Å². The molecule has 4 heterocycles. The van der Waals surface area contributed by atoms with Crippen molar-refractivity contribution in [3.8, 4) is 0 Å². The van der Waals surface area contributed by atoms with Crippen molar-refractivity contribution < 1.29 is 9.90 Å². The average Bonchev–Trinajstić information content (AvgIpc) is 2.97. The minimum atomic E-state index is -0.682. The first-order valence-corrected chi connectivity index (χ1v) is 9.31. The van der Waals surface area contributed by atoms with Crippen LogP contribution >= 0.6 is 11.5 Å². The van der Waals surface area contributed by atoms with Crippen LogP contribution in [0.15, 0.2) is 5.38 Å². The van der Waals surface area contributed by atoms with Crippen LogP contribution in [0.25, 0.3) is 11.0 Å². The summed E-state index contributed by atoms with van der Waals surface area (Å²) in [6.07, 6.45) is 1.49. The van der Waals surface area contributed by atoms with Crippen molar-refractivity contribution in [2.24, 2.45) is 17.8 Å². The van der Waals surface area contributed by atoms with Gasteiger partial charge in [-0.05, 0) is 42.6 Å². The maximum Gasteiger partial charge on any atom is 0.303 e. The van der Waals surface area contributed by atoms with Crippen LogP contribution in [0.1, 0.15) is 19.8 Å². The zero-order valence-corrected chi connectivity index (χ0v) is 14.2. The summed E-state index contributed by atoms with van der Waals surface area (Å²) in [4.78, 5) is 25.0. The molecule has 3 fully saturated rings. The number of fused-ring (bicyclic) bond motifs is 2. The van der Waals surface area contributed by atoms with Gasteiger partial charge in [-0.1, -0.05) is 0 Å². The van der Waals surface area contributed by atoms with E-state index < -0.39 is 5.97 Å². The molecule has 0 spiro atoms. The van der Waals surface area contributed by atoms with E-state index in [1.807, 2.05) is 5.38 Å². The van der Waals surface area contributed by atoms with Crippen molar-refractivity contribution in [1.29, 1.82) is 0 Å². The van der Waals surface area contributed by atoms with Gasteiger partial charge in [0, 0.05) is 37.5 Å². The van der Waals surface area contributed by atoms with Crippen molar-refractivity contribution in [3.05, 3.63) is 5.38 Å². The van der Waals surface area contributed by atoms with Gasteiger partial charge in [0.15, 0.2) is 5.82 Å². The molecule has 2 saturated heterocycles. The van der Waals surface area contributed by atoms with Crippen molar-refractivity contribution in [1.82, 2.24) is 14.3 Å². The van der Waals surface area contributed by atoms with Gasteiger partial charge < -0.3 is 14.9 Å². The Labute approximate surface area is 143 Å². The highest BCUT2D eigenvalue weighted by molar-refractivity contribution is 7.04. The fraction of sp³-hybridized carbons (Fsp3) is 0.625. The molecule has 2 aromatic rings. The lowest BCUT2D eigenvalue weighted by atomic mass is 10.1. The Kier molecular flexibility index (Phi) is 3.01. The first-order chi connectivity index (χ1) is 11.6. The van der Waals surface area contributed by atoms with E-state index in [2.05, 4.69) is 26.1 Å². The number of anilines is 2. The van der Waals surface area contributed by atoms with E-state index in [1.165, 1.54) is 18.0 Å². The van der Waals surface area contributed by atoms with E-state index in [9.17, 15) is 4.79 Å². The number of carboxylic acid groups (broad SMARTS) is 1. The number of aromatic nitrogens is 3. The van der Waals surface area contributed by atoms with Crippen LogP contribution in [0.3, 0.4) is 0 Å². The molecule has 1 N–H and O–H groups in total. The van der Waals surface area contributed by atoms with Crippen LogP contribution < -0.4 is 9.80 Å². The van der Waals surface area contributed by atoms with Gasteiger partial charge in [0.1, 0.15) is 11.0 Å². The number of hydrogen-bond donors (Lipinski definition) is 1. The third-order valence-electron chi connectivity index (χ3n) is 5.85. The highest BCUT2D eigenvalue weighted by atomic mass is 32.1. The third-order valence-corrected chi connectivity index (χ3v) is 6.46. The van der Waals surface area contributed by atoms with E-state index in [1.54, 1.807) is 0 Å². The summed E-state index contributed by atoms with van der Waals surface area (Å²) < 4.78 is 4.50. The fourth-order valence-corrected chi connectivity index (χ4v) is 4.83. The summed E-state index contributed by atoms with van der Waals surface area (Å²) in [5.74, 6) is 2.39. The summed E-state index contributed by atoms with van der Waals surface area (Å²) in [5, 5.41) is 11.0. The Hall–Kier alpha value is -1.96. The van der Waals surface area contributed by atoms with Gasteiger partial charge in [-0.25, -0.2) is 4.98 Å². The number of nitrogens with zero attached hydrogens (tertiary/aromatic N) is 5. The third kappa shape index (κ3) is 2.08. The second-order valence-corrected chi connectivity index (χ2v) is 7.85. The molecular weight excluding hydrogens is 326 g/mol. The van der Waals surface area contributed by atoms with Crippen LogP contribution in [0, 0.1) is 17.8 Å². The molecule has 2 aliphatic heterocycles. The minimum absolute atomic E-state index is 0.301. The lowest BCUT2D eigenvalue weighted by molar-refractivity contribution is -0.137. The Balaban J connectivity index is 1.43. The second-order valence-electron chi connectivity index (χ2n) is 7.22. The smallest absolute Gasteiger partial charge is 0.303 e. The topological polar surface area (TPSA) is 82.5 Å². The number of piperidine rings is 1.